The van der Waals surface area contributed by atoms with Crippen LogP contribution < -0.4 is 11.1 Å². The molecule has 3 N–H and O–H groups in total. The summed E-state index contributed by atoms with van der Waals surface area (Å²) in [5, 5.41) is 2.79. The van der Waals surface area contributed by atoms with Gasteiger partial charge in [-0.3, -0.25) is 9.59 Å². The van der Waals surface area contributed by atoms with Crippen LogP contribution >= 0.6 is 0 Å². The summed E-state index contributed by atoms with van der Waals surface area (Å²) in [6.45, 7) is 3.82. The molecule has 0 aromatic heterocycles. The number of rotatable bonds is 3. The molecule has 4 heteroatoms. The number of hydrogen-bond acceptors (Lipinski definition) is 2. The topological polar surface area (TPSA) is 72.2 Å². The highest BCUT2D eigenvalue weighted by atomic mass is 16.2. The maximum atomic E-state index is 12.1. The molecule has 2 rings (SSSR count). The second kappa shape index (κ2) is 5.57. The first kappa shape index (κ1) is 13.8. The van der Waals surface area contributed by atoms with Crippen LogP contribution in [0.25, 0.3) is 0 Å². The summed E-state index contributed by atoms with van der Waals surface area (Å²) in [5.74, 6) is -0.731. The van der Waals surface area contributed by atoms with Crippen molar-refractivity contribution in [3.05, 3.63) is 64.7 Å². The Bertz CT molecular complexity index is 661. The zero-order valence-electron chi connectivity index (χ0n) is 11.4. The summed E-state index contributed by atoms with van der Waals surface area (Å²) in [4.78, 5) is 23.3. The molecule has 0 aliphatic carbocycles. The Hall–Kier alpha value is -2.62. The van der Waals surface area contributed by atoms with Crippen LogP contribution in [0.4, 0.5) is 5.69 Å². The third-order valence-corrected chi connectivity index (χ3v) is 3.08. The first-order chi connectivity index (χ1) is 9.47. The van der Waals surface area contributed by atoms with Crippen molar-refractivity contribution in [2.24, 2.45) is 5.73 Å². The van der Waals surface area contributed by atoms with Crippen LogP contribution in [0.15, 0.2) is 42.5 Å². The fourth-order valence-electron chi connectivity index (χ4n) is 1.81. The van der Waals surface area contributed by atoms with E-state index in [4.69, 9.17) is 5.73 Å². The van der Waals surface area contributed by atoms with Gasteiger partial charge in [-0.25, -0.2) is 0 Å². The Morgan fingerprint density at radius 3 is 2.15 bits per heavy atom. The molecule has 20 heavy (non-hydrogen) atoms. The highest BCUT2D eigenvalue weighted by Gasteiger charge is 2.09. The van der Waals surface area contributed by atoms with Gasteiger partial charge in [-0.2, -0.15) is 0 Å². The van der Waals surface area contributed by atoms with E-state index in [1.165, 1.54) is 0 Å². The molecule has 0 aliphatic heterocycles. The molecule has 2 aromatic rings. The number of benzene rings is 2. The third-order valence-electron chi connectivity index (χ3n) is 3.08. The van der Waals surface area contributed by atoms with Crippen LogP contribution in [-0.2, 0) is 0 Å². The average molecular weight is 268 g/mol. The lowest BCUT2D eigenvalue weighted by Gasteiger charge is -2.10. The quantitative estimate of drug-likeness (QED) is 0.898. The van der Waals surface area contributed by atoms with Crippen molar-refractivity contribution in [2.45, 2.75) is 13.8 Å². The summed E-state index contributed by atoms with van der Waals surface area (Å²) >= 11 is 0. The van der Waals surface area contributed by atoms with E-state index in [1.54, 1.807) is 30.3 Å². The van der Waals surface area contributed by atoms with Crippen molar-refractivity contribution in [1.29, 1.82) is 0 Å². The van der Waals surface area contributed by atoms with Gasteiger partial charge in [-0.15, -0.1) is 0 Å². The van der Waals surface area contributed by atoms with Crippen molar-refractivity contribution < 1.29 is 9.59 Å². The van der Waals surface area contributed by atoms with Gasteiger partial charge in [0, 0.05) is 16.8 Å². The molecule has 4 nitrogen and oxygen atoms in total. The predicted molar refractivity (Wildman–Crippen MR) is 78.8 cm³/mol. The lowest BCUT2D eigenvalue weighted by Crippen LogP contribution is -2.15. The smallest absolute Gasteiger partial charge is 0.255 e. The fourth-order valence-corrected chi connectivity index (χ4v) is 1.81. The van der Waals surface area contributed by atoms with Crippen LogP contribution in [0.1, 0.15) is 31.8 Å². The molecule has 0 radical (unpaired) electrons. The van der Waals surface area contributed by atoms with E-state index in [-0.39, 0.29) is 5.91 Å². The zero-order chi connectivity index (χ0) is 14.7. The summed E-state index contributed by atoms with van der Waals surface area (Å²) in [6, 6.07) is 12.3. The minimum absolute atomic E-state index is 0.213. The average Bonchev–Trinajstić information content (AvgIpc) is 2.41. The van der Waals surface area contributed by atoms with E-state index >= 15 is 0 Å². The van der Waals surface area contributed by atoms with Gasteiger partial charge in [0.05, 0.1) is 0 Å². The fraction of sp³-hybridized carbons (Fsp3) is 0.125. The van der Waals surface area contributed by atoms with Crippen LogP contribution in [-0.4, -0.2) is 11.8 Å². The molecule has 0 fully saturated rings. The zero-order valence-corrected chi connectivity index (χ0v) is 11.4. The van der Waals surface area contributed by atoms with Gasteiger partial charge < -0.3 is 11.1 Å². The molecule has 102 valence electrons. The van der Waals surface area contributed by atoms with Crippen LogP contribution in [0.3, 0.4) is 0 Å². The Kier molecular flexibility index (Phi) is 3.84. The largest absolute Gasteiger partial charge is 0.366 e. The molecule has 0 aliphatic rings. The first-order valence-corrected chi connectivity index (χ1v) is 6.26. The summed E-state index contributed by atoms with van der Waals surface area (Å²) in [6.07, 6.45) is 0. The third kappa shape index (κ3) is 3.03. The molecular weight excluding hydrogens is 252 g/mol. The van der Waals surface area contributed by atoms with E-state index in [0.29, 0.717) is 16.8 Å². The summed E-state index contributed by atoms with van der Waals surface area (Å²) in [5.41, 5.74) is 8.73. The Morgan fingerprint density at radius 2 is 1.55 bits per heavy atom. The van der Waals surface area contributed by atoms with Crippen molar-refractivity contribution in [3.8, 4) is 0 Å². The number of anilines is 1. The van der Waals surface area contributed by atoms with Crippen LogP contribution in [0, 0.1) is 13.8 Å². The molecule has 0 saturated carbocycles. The van der Waals surface area contributed by atoms with Gasteiger partial charge in [-0.05, 0) is 43.7 Å². The predicted octanol–water partition coefficient (Wildman–Crippen LogP) is 2.65. The molecule has 2 aromatic carbocycles. The maximum absolute atomic E-state index is 12.1. The first-order valence-electron chi connectivity index (χ1n) is 6.26. The summed E-state index contributed by atoms with van der Waals surface area (Å²) < 4.78 is 0. The number of primary amides is 1. The number of aryl methyl sites for hydroxylation is 2. The number of hydrogen-bond donors (Lipinski definition) is 2. The Balaban J connectivity index is 2.25. The SMILES string of the molecule is Cc1ccc(C(=O)Nc2cc(C(N)=O)ccc2C)cc1. The summed E-state index contributed by atoms with van der Waals surface area (Å²) in [7, 11) is 0. The monoisotopic (exact) mass is 268 g/mol. The molecule has 0 atom stereocenters. The van der Waals surface area contributed by atoms with Gasteiger partial charge in [0.25, 0.3) is 5.91 Å². The lowest BCUT2D eigenvalue weighted by molar-refractivity contribution is 0.0996. The molecule has 0 spiro atoms. The van der Waals surface area contributed by atoms with Crippen LogP contribution in [0.5, 0.6) is 0 Å². The van der Waals surface area contributed by atoms with E-state index in [2.05, 4.69) is 5.32 Å². The second-order valence-corrected chi connectivity index (χ2v) is 4.71. The number of carbonyl (C=O) groups is 2. The number of carbonyl (C=O) groups excluding carboxylic acids is 2. The number of amides is 2. The highest BCUT2D eigenvalue weighted by Crippen LogP contribution is 2.18. The van der Waals surface area contributed by atoms with E-state index in [0.717, 1.165) is 11.1 Å². The molecule has 2 amide bonds. The molecular formula is C16H16N2O2. The lowest BCUT2D eigenvalue weighted by atomic mass is 10.1. The van der Waals surface area contributed by atoms with Crippen molar-refractivity contribution in [1.82, 2.24) is 0 Å². The van der Waals surface area contributed by atoms with Crippen molar-refractivity contribution >= 4 is 17.5 Å². The minimum Gasteiger partial charge on any atom is -0.366 e. The molecule has 0 heterocycles. The normalized spacial score (nSPS) is 10.1. The van der Waals surface area contributed by atoms with E-state index < -0.39 is 5.91 Å². The van der Waals surface area contributed by atoms with Crippen LogP contribution in [0.2, 0.25) is 0 Å². The Morgan fingerprint density at radius 1 is 0.950 bits per heavy atom. The minimum atomic E-state index is -0.518. The van der Waals surface area contributed by atoms with Gasteiger partial charge in [0.1, 0.15) is 0 Å². The highest BCUT2D eigenvalue weighted by molar-refractivity contribution is 6.05. The maximum Gasteiger partial charge on any atom is 0.255 e. The number of nitrogens with one attached hydrogen (secondary N) is 1. The van der Waals surface area contributed by atoms with Gasteiger partial charge in [-0.1, -0.05) is 23.8 Å². The Labute approximate surface area is 117 Å². The van der Waals surface area contributed by atoms with E-state index in [1.807, 2.05) is 26.0 Å². The van der Waals surface area contributed by atoms with Crippen molar-refractivity contribution in [2.75, 3.05) is 5.32 Å². The molecule has 0 bridgehead atoms. The van der Waals surface area contributed by atoms with Crippen molar-refractivity contribution in [3.63, 3.8) is 0 Å². The molecule has 0 saturated heterocycles. The molecule has 0 unspecified atom stereocenters. The standard InChI is InChI=1S/C16H16N2O2/c1-10-3-6-12(7-4-10)16(20)18-14-9-13(15(17)19)8-5-11(14)2/h3-9H,1-2H3,(H2,17,19)(H,18,20). The van der Waals surface area contributed by atoms with E-state index in [9.17, 15) is 9.59 Å². The second-order valence-electron chi connectivity index (χ2n) is 4.71. The number of nitrogens with two attached hydrogens (primary N) is 1. The van der Waals surface area contributed by atoms with Gasteiger partial charge in [0.15, 0.2) is 0 Å². The van der Waals surface area contributed by atoms with Gasteiger partial charge >= 0.3 is 0 Å². The van der Waals surface area contributed by atoms with Gasteiger partial charge in [0.2, 0.25) is 5.91 Å².